The molecule has 3 heterocycles. The number of nitrogens with one attached hydrogen (secondary N) is 1. The highest BCUT2D eigenvalue weighted by atomic mass is 19.1. The lowest BCUT2D eigenvalue weighted by molar-refractivity contribution is -0.123. The normalized spacial score (nSPS) is 17.2. The number of piperidine rings is 1. The van der Waals surface area contributed by atoms with Crippen molar-refractivity contribution >= 4 is 11.7 Å². The molecule has 0 saturated carbocycles. The maximum Gasteiger partial charge on any atom is 0.231 e. The van der Waals surface area contributed by atoms with Crippen molar-refractivity contribution < 1.29 is 9.18 Å². The molecule has 0 spiro atoms. The highest BCUT2D eigenvalue weighted by Gasteiger charge is 2.31. The van der Waals surface area contributed by atoms with Gasteiger partial charge in [0.15, 0.2) is 5.82 Å². The smallest absolute Gasteiger partial charge is 0.231 e. The summed E-state index contributed by atoms with van der Waals surface area (Å²) in [5.41, 5.74) is 4.16. The van der Waals surface area contributed by atoms with Crippen molar-refractivity contribution in [2.45, 2.75) is 33.1 Å². The predicted molar refractivity (Wildman–Crippen MR) is 104 cm³/mol. The van der Waals surface area contributed by atoms with Crippen LogP contribution in [0, 0.1) is 25.6 Å². The van der Waals surface area contributed by atoms with Crippen molar-refractivity contribution in [2.75, 3.05) is 11.4 Å². The van der Waals surface area contributed by atoms with E-state index in [4.69, 9.17) is 0 Å². The molecule has 1 N–H and O–H groups in total. The van der Waals surface area contributed by atoms with Gasteiger partial charge in [-0.3, -0.25) is 14.8 Å². The minimum absolute atomic E-state index is 0.0369. The number of carbonyl (C=O) groups excluding carboxylic acids is 1. The van der Waals surface area contributed by atoms with Gasteiger partial charge >= 0.3 is 0 Å². The van der Waals surface area contributed by atoms with Crippen LogP contribution in [0.3, 0.4) is 0 Å². The molecule has 0 aliphatic carbocycles. The van der Waals surface area contributed by atoms with Crippen LogP contribution in [0.5, 0.6) is 0 Å². The van der Waals surface area contributed by atoms with Crippen molar-refractivity contribution in [3.8, 4) is 11.3 Å². The highest BCUT2D eigenvalue weighted by Crippen LogP contribution is 2.29. The van der Waals surface area contributed by atoms with Gasteiger partial charge in [0.2, 0.25) is 5.91 Å². The van der Waals surface area contributed by atoms with E-state index in [0.717, 1.165) is 35.2 Å². The molecular weight excluding hydrogens is 357 g/mol. The molecule has 4 rings (SSSR count). The Balaban J connectivity index is 1.53. The van der Waals surface area contributed by atoms with E-state index in [1.807, 2.05) is 19.1 Å². The van der Waals surface area contributed by atoms with E-state index in [1.54, 1.807) is 30.3 Å². The first kappa shape index (κ1) is 18.3. The summed E-state index contributed by atoms with van der Waals surface area (Å²) in [4.78, 5) is 14.8. The Kier molecular flexibility index (Phi) is 4.90. The van der Waals surface area contributed by atoms with E-state index in [-0.39, 0.29) is 17.6 Å². The summed E-state index contributed by atoms with van der Waals surface area (Å²) in [5, 5.41) is 15.1. The van der Waals surface area contributed by atoms with E-state index in [2.05, 4.69) is 20.4 Å². The first-order valence-electron chi connectivity index (χ1n) is 9.42. The molecule has 3 aromatic rings. The Morgan fingerprint density at radius 3 is 2.79 bits per heavy atom. The number of halogens is 1. The Morgan fingerprint density at radius 1 is 1.18 bits per heavy atom. The number of anilines is 1. The topological polar surface area (TPSA) is 74.8 Å². The number of hydrogen-bond acceptors (Lipinski definition) is 4. The number of aryl methyl sites for hydroxylation is 2. The second kappa shape index (κ2) is 7.50. The van der Waals surface area contributed by atoms with E-state index < -0.39 is 0 Å². The van der Waals surface area contributed by atoms with Crippen molar-refractivity contribution in [2.24, 2.45) is 5.92 Å². The Hall–Kier alpha value is -3.09. The minimum atomic E-state index is -0.226. The van der Waals surface area contributed by atoms with Gasteiger partial charge in [0, 0.05) is 24.1 Å². The Bertz CT molecular complexity index is 1020. The molecule has 144 valence electrons. The zero-order valence-electron chi connectivity index (χ0n) is 15.9. The van der Waals surface area contributed by atoms with Crippen LogP contribution >= 0.6 is 0 Å². The van der Waals surface area contributed by atoms with E-state index in [9.17, 15) is 9.18 Å². The zero-order valence-corrected chi connectivity index (χ0v) is 15.9. The summed E-state index contributed by atoms with van der Waals surface area (Å²) in [7, 11) is 0. The second-order valence-electron chi connectivity index (χ2n) is 7.34. The average molecular weight is 379 g/mol. The molecule has 0 radical (unpaired) electrons. The largest absolute Gasteiger partial charge is 0.295 e. The molecule has 7 heteroatoms. The molecule has 1 atom stereocenters. The molecule has 6 nitrogen and oxygen atoms in total. The van der Waals surface area contributed by atoms with Gasteiger partial charge in [0.1, 0.15) is 5.82 Å². The molecule has 0 bridgehead atoms. The molecule has 1 amide bonds. The molecule has 1 saturated heterocycles. The van der Waals surface area contributed by atoms with Gasteiger partial charge in [-0.2, -0.15) is 15.3 Å². The molecule has 1 aromatic carbocycles. The van der Waals surface area contributed by atoms with Gasteiger partial charge < -0.3 is 0 Å². The van der Waals surface area contributed by atoms with Gasteiger partial charge in [0.05, 0.1) is 18.1 Å². The fourth-order valence-corrected chi connectivity index (χ4v) is 3.67. The van der Waals surface area contributed by atoms with Crippen molar-refractivity contribution in [1.29, 1.82) is 0 Å². The average Bonchev–Trinajstić information content (AvgIpc) is 3.16. The van der Waals surface area contributed by atoms with Crippen LogP contribution in [-0.2, 0) is 11.2 Å². The number of hydrogen-bond donors (Lipinski definition) is 1. The van der Waals surface area contributed by atoms with Crippen LogP contribution < -0.4 is 4.90 Å². The van der Waals surface area contributed by atoms with E-state index >= 15 is 0 Å². The van der Waals surface area contributed by atoms with Gasteiger partial charge in [-0.05, 0) is 55.9 Å². The highest BCUT2D eigenvalue weighted by molar-refractivity contribution is 5.95. The minimum Gasteiger partial charge on any atom is -0.295 e. The fourth-order valence-electron chi connectivity index (χ4n) is 3.67. The summed E-state index contributed by atoms with van der Waals surface area (Å²) in [5.74, 6) is 0.252. The Labute approximate surface area is 162 Å². The molecule has 1 aliphatic heterocycles. The van der Waals surface area contributed by atoms with Crippen molar-refractivity contribution in [3.63, 3.8) is 0 Å². The van der Waals surface area contributed by atoms with E-state index in [0.29, 0.717) is 24.3 Å². The molecule has 1 unspecified atom stereocenters. The number of aromatic amines is 1. The third-order valence-corrected chi connectivity index (χ3v) is 5.33. The summed E-state index contributed by atoms with van der Waals surface area (Å²) in [6.07, 6.45) is 5.60. The van der Waals surface area contributed by atoms with Crippen LogP contribution in [0.1, 0.15) is 29.5 Å². The number of carbonyl (C=O) groups is 1. The number of H-pyrrole nitrogens is 1. The number of rotatable bonds is 4. The lowest BCUT2D eigenvalue weighted by Crippen LogP contribution is -2.42. The number of benzene rings is 1. The zero-order chi connectivity index (χ0) is 19.7. The summed E-state index contributed by atoms with van der Waals surface area (Å²) < 4.78 is 13.8. The van der Waals surface area contributed by atoms with Gasteiger partial charge in [-0.15, -0.1) is 0 Å². The van der Waals surface area contributed by atoms with Gasteiger partial charge in [-0.25, -0.2) is 4.39 Å². The van der Waals surface area contributed by atoms with Crippen LogP contribution in [0.25, 0.3) is 11.3 Å². The molecular formula is C21H22FN5O. The maximum absolute atomic E-state index is 13.8. The third-order valence-electron chi connectivity index (χ3n) is 5.33. The molecule has 1 fully saturated rings. The summed E-state index contributed by atoms with van der Waals surface area (Å²) in [6.45, 7) is 4.32. The summed E-state index contributed by atoms with van der Waals surface area (Å²) in [6, 6.07) is 7.07. The first-order chi connectivity index (χ1) is 13.5. The van der Waals surface area contributed by atoms with Gasteiger partial charge in [-0.1, -0.05) is 12.1 Å². The number of amides is 1. The van der Waals surface area contributed by atoms with Crippen LogP contribution in [0.15, 0.2) is 36.7 Å². The third kappa shape index (κ3) is 3.52. The quantitative estimate of drug-likeness (QED) is 0.751. The predicted octanol–water partition coefficient (Wildman–Crippen LogP) is 3.61. The SMILES string of the molecule is Cc1ccc(CC2CCCN(c3cc(-c4cnncc4C)[nH]n3)C2=O)cc1F. The number of aromatic nitrogens is 4. The van der Waals surface area contributed by atoms with Gasteiger partial charge in [0.25, 0.3) is 0 Å². The fraction of sp³-hybridized carbons (Fsp3) is 0.333. The monoisotopic (exact) mass is 379 g/mol. The van der Waals surface area contributed by atoms with Crippen molar-refractivity contribution in [1.82, 2.24) is 20.4 Å². The van der Waals surface area contributed by atoms with Crippen LogP contribution in [-0.4, -0.2) is 32.8 Å². The lowest BCUT2D eigenvalue weighted by Gasteiger charge is -2.30. The van der Waals surface area contributed by atoms with Crippen LogP contribution in [0.2, 0.25) is 0 Å². The molecule has 28 heavy (non-hydrogen) atoms. The van der Waals surface area contributed by atoms with E-state index in [1.165, 1.54) is 6.07 Å². The molecule has 2 aromatic heterocycles. The maximum atomic E-state index is 13.8. The summed E-state index contributed by atoms with van der Waals surface area (Å²) >= 11 is 0. The Morgan fingerprint density at radius 2 is 2.00 bits per heavy atom. The second-order valence-corrected chi connectivity index (χ2v) is 7.34. The lowest BCUT2D eigenvalue weighted by atomic mass is 9.90. The van der Waals surface area contributed by atoms with Crippen molar-refractivity contribution in [3.05, 3.63) is 59.2 Å². The van der Waals surface area contributed by atoms with Crippen LogP contribution in [0.4, 0.5) is 10.2 Å². The molecule has 1 aliphatic rings. The standard InChI is InChI=1S/C21H22FN5O/c1-13-5-6-15(9-18(13)22)8-16-4-3-7-27(21(16)28)20-10-19(25-26-20)17-12-24-23-11-14(17)2/h5-6,9-12,16H,3-4,7-8H2,1-2H3,(H,25,26). The first-order valence-corrected chi connectivity index (χ1v) is 9.42. The number of nitrogens with zero attached hydrogens (tertiary/aromatic N) is 4.